The van der Waals surface area contributed by atoms with Gasteiger partial charge in [0.1, 0.15) is 5.75 Å². The molecule has 0 saturated carbocycles. The molecule has 7 heteroatoms. The summed E-state index contributed by atoms with van der Waals surface area (Å²) in [6.07, 6.45) is 0. The van der Waals surface area contributed by atoms with Crippen LogP contribution < -0.4 is 10.1 Å². The van der Waals surface area contributed by atoms with Crippen LogP contribution in [0.1, 0.15) is 26.3 Å². The molecule has 0 spiro atoms. The molecule has 0 aliphatic carbocycles. The van der Waals surface area contributed by atoms with E-state index in [1.165, 1.54) is 0 Å². The molecule has 1 aromatic rings. The van der Waals surface area contributed by atoms with Crippen molar-refractivity contribution in [2.45, 2.75) is 40.0 Å². The van der Waals surface area contributed by atoms with Gasteiger partial charge in [0.05, 0.1) is 6.54 Å². The largest absolute Gasteiger partial charge is 0.435 e. The number of aliphatic imine (C=N–C) groups is 1. The normalized spacial score (nSPS) is 12.2. The summed E-state index contributed by atoms with van der Waals surface area (Å²) in [6, 6.07) is 7.16. The highest BCUT2D eigenvalue weighted by molar-refractivity contribution is 5.79. The fraction of sp³-hybridized carbons (Fsp3) is 0.611. The minimum absolute atomic E-state index is 0.165. The third-order valence-electron chi connectivity index (χ3n) is 3.86. The highest BCUT2D eigenvalue weighted by Gasteiger charge is 2.09. The number of guanidine groups is 1. The molecule has 1 N–H and O–H groups in total. The predicted octanol–water partition coefficient (Wildman–Crippen LogP) is 3.03. The molecule has 0 aromatic heterocycles. The van der Waals surface area contributed by atoms with Crippen molar-refractivity contribution in [3.8, 4) is 5.75 Å². The fourth-order valence-corrected chi connectivity index (χ4v) is 2.17. The first-order chi connectivity index (χ1) is 11.8. The van der Waals surface area contributed by atoms with Crippen molar-refractivity contribution in [2.75, 3.05) is 33.7 Å². The second-order valence-electron chi connectivity index (χ2n) is 6.19. The van der Waals surface area contributed by atoms with Crippen LogP contribution in [0.2, 0.25) is 0 Å². The highest BCUT2D eigenvalue weighted by Crippen LogP contribution is 2.15. The number of rotatable bonds is 9. The van der Waals surface area contributed by atoms with Crippen molar-refractivity contribution in [2.24, 2.45) is 4.99 Å². The van der Waals surface area contributed by atoms with Gasteiger partial charge < -0.3 is 19.9 Å². The predicted molar refractivity (Wildman–Crippen MR) is 98.3 cm³/mol. The molecule has 0 fully saturated rings. The van der Waals surface area contributed by atoms with Crippen LogP contribution in [0.5, 0.6) is 5.75 Å². The van der Waals surface area contributed by atoms with Gasteiger partial charge in [-0.15, -0.1) is 0 Å². The monoisotopic (exact) mass is 356 g/mol. The van der Waals surface area contributed by atoms with Crippen molar-refractivity contribution in [3.63, 3.8) is 0 Å². The number of hydrogen-bond acceptors (Lipinski definition) is 3. The molecule has 142 valence electrons. The van der Waals surface area contributed by atoms with E-state index in [1.54, 1.807) is 24.3 Å². The third-order valence-corrected chi connectivity index (χ3v) is 3.86. The van der Waals surface area contributed by atoms with E-state index in [-0.39, 0.29) is 5.75 Å². The quantitative estimate of drug-likeness (QED) is 0.545. The summed E-state index contributed by atoms with van der Waals surface area (Å²) in [6.45, 7) is 6.55. The maximum absolute atomic E-state index is 12.2. The molecule has 0 radical (unpaired) electrons. The molecule has 0 saturated heterocycles. The van der Waals surface area contributed by atoms with Crippen LogP contribution in [0.25, 0.3) is 0 Å². The summed E-state index contributed by atoms with van der Waals surface area (Å²) in [4.78, 5) is 8.92. The van der Waals surface area contributed by atoms with Crippen LogP contribution in [-0.4, -0.2) is 62.1 Å². The molecule has 0 heterocycles. The maximum Gasteiger partial charge on any atom is 0.387 e. The Morgan fingerprint density at radius 2 is 1.84 bits per heavy atom. The molecule has 0 aliphatic rings. The van der Waals surface area contributed by atoms with Crippen LogP contribution in [0, 0.1) is 0 Å². The molecule has 0 aliphatic heterocycles. The first-order valence-electron chi connectivity index (χ1n) is 8.57. The van der Waals surface area contributed by atoms with Gasteiger partial charge in [0.15, 0.2) is 5.96 Å². The first-order valence-corrected chi connectivity index (χ1v) is 8.57. The molecule has 1 aromatic carbocycles. The van der Waals surface area contributed by atoms with Gasteiger partial charge in [0.25, 0.3) is 0 Å². The number of benzene rings is 1. The number of hydrogen-bond donors (Lipinski definition) is 1. The van der Waals surface area contributed by atoms with E-state index in [1.807, 2.05) is 18.9 Å². The number of halogens is 2. The number of nitrogens with one attached hydrogen (secondary N) is 1. The van der Waals surface area contributed by atoms with Crippen LogP contribution in [-0.2, 0) is 6.54 Å². The summed E-state index contributed by atoms with van der Waals surface area (Å²) in [5, 5.41) is 3.28. The maximum atomic E-state index is 12.2. The van der Waals surface area contributed by atoms with E-state index in [0.29, 0.717) is 19.1 Å². The lowest BCUT2D eigenvalue weighted by atomic mass is 10.2. The van der Waals surface area contributed by atoms with Crippen molar-refractivity contribution in [3.05, 3.63) is 29.8 Å². The second-order valence-corrected chi connectivity index (χ2v) is 6.19. The van der Waals surface area contributed by atoms with E-state index in [0.717, 1.165) is 24.6 Å². The van der Waals surface area contributed by atoms with E-state index in [4.69, 9.17) is 0 Å². The molecule has 5 nitrogen and oxygen atoms in total. The van der Waals surface area contributed by atoms with E-state index in [9.17, 15) is 8.78 Å². The first kappa shape index (κ1) is 21.2. The molecule has 1 rings (SSSR count). The zero-order chi connectivity index (χ0) is 18.8. The molecule has 0 atom stereocenters. The zero-order valence-corrected chi connectivity index (χ0v) is 15.8. The Morgan fingerprint density at radius 1 is 1.20 bits per heavy atom. The van der Waals surface area contributed by atoms with Gasteiger partial charge >= 0.3 is 6.61 Å². The van der Waals surface area contributed by atoms with Crippen molar-refractivity contribution in [1.29, 1.82) is 0 Å². The standard InChI is InChI=1S/C18H30F2N4O/c1-6-21-18(22-11-12-23(4)14(2)3)24(5)13-15-7-9-16(10-8-15)25-17(19)20/h7-10,14,17H,6,11-13H2,1-5H3,(H,21,22). The SMILES string of the molecule is CCNC(=NCCN(C)C(C)C)N(C)Cc1ccc(OC(F)F)cc1. The summed E-state index contributed by atoms with van der Waals surface area (Å²) in [7, 11) is 4.04. The topological polar surface area (TPSA) is 40.1 Å². The smallest absolute Gasteiger partial charge is 0.387 e. The molecule has 0 amide bonds. The Bertz CT molecular complexity index is 520. The average molecular weight is 356 g/mol. The van der Waals surface area contributed by atoms with Gasteiger partial charge in [-0.1, -0.05) is 12.1 Å². The van der Waals surface area contributed by atoms with Gasteiger partial charge in [0, 0.05) is 32.7 Å². The lowest BCUT2D eigenvalue weighted by Gasteiger charge is -2.23. The van der Waals surface area contributed by atoms with Crippen LogP contribution in [0.15, 0.2) is 29.3 Å². The lowest BCUT2D eigenvalue weighted by molar-refractivity contribution is -0.0498. The van der Waals surface area contributed by atoms with E-state index in [2.05, 4.69) is 40.8 Å². The third kappa shape index (κ3) is 8.16. The Labute approximate surface area is 149 Å². The second kappa shape index (κ2) is 10.9. The molecule has 0 bridgehead atoms. The number of alkyl halides is 2. The van der Waals surface area contributed by atoms with Crippen molar-refractivity contribution < 1.29 is 13.5 Å². The van der Waals surface area contributed by atoms with Gasteiger partial charge in [-0.2, -0.15) is 8.78 Å². The van der Waals surface area contributed by atoms with Gasteiger partial charge in [-0.25, -0.2) is 0 Å². The van der Waals surface area contributed by atoms with E-state index >= 15 is 0 Å². The van der Waals surface area contributed by atoms with Gasteiger partial charge in [0.2, 0.25) is 0 Å². The Kier molecular flexibility index (Phi) is 9.20. The van der Waals surface area contributed by atoms with Crippen LogP contribution >= 0.6 is 0 Å². The summed E-state index contributed by atoms with van der Waals surface area (Å²) >= 11 is 0. The van der Waals surface area contributed by atoms with E-state index < -0.39 is 6.61 Å². The Balaban J connectivity index is 2.64. The van der Waals surface area contributed by atoms with Crippen LogP contribution in [0.3, 0.4) is 0 Å². The Morgan fingerprint density at radius 3 is 2.36 bits per heavy atom. The van der Waals surface area contributed by atoms with Gasteiger partial charge in [-0.05, 0) is 45.5 Å². The zero-order valence-electron chi connectivity index (χ0n) is 15.8. The fourth-order valence-electron chi connectivity index (χ4n) is 2.17. The lowest BCUT2D eigenvalue weighted by Crippen LogP contribution is -2.39. The summed E-state index contributed by atoms with van der Waals surface area (Å²) in [5.74, 6) is 0.992. The number of ether oxygens (including phenoxy) is 1. The molecular formula is C18H30F2N4O. The molecular weight excluding hydrogens is 326 g/mol. The minimum atomic E-state index is -2.80. The number of likely N-dealkylation sites (N-methyl/N-ethyl adjacent to an activating group) is 1. The summed E-state index contributed by atoms with van der Waals surface area (Å²) < 4.78 is 28.7. The number of nitrogens with zero attached hydrogens (tertiary/aromatic N) is 3. The molecule has 0 unspecified atom stereocenters. The minimum Gasteiger partial charge on any atom is -0.435 e. The van der Waals surface area contributed by atoms with Crippen LogP contribution in [0.4, 0.5) is 8.78 Å². The average Bonchev–Trinajstić information content (AvgIpc) is 2.55. The highest BCUT2D eigenvalue weighted by atomic mass is 19.3. The van der Waals surface area contributed by atoms with Crippen molar-refractivity contribution >= 4 is 5.96 Å². The van der Waals surface area contributed by atoms with Crippen molar-refractivity contribution in [1.82, 2.24) is 15.1 Å². The van der Waals surface area contributed by atoms with Gasteiger partial charge in [-0.3, -0.25) is 4.99 Å². The molecule has 25 heavy (non-hydrogen) atoms. The summed E-state index contributed by atoms with van der Waals surface area (Å²) in [5.41, 5.74) is 0.994. The Hall–Kier alpha value is -1.89.